The van der Waals surface area contributed by atoms with Gasteiger partial charge in [-0.1, -0.05) is 18.2 Å². The van der Waals surface area contributed by atoms with Gasteiger partial charge in [0.15, 0.2) is 0 Å². The van der Waals surface area contributed by atoms with Crippen LogP contribution in [-0.4, -0.2) is 47.0 Å². The molecule has 2 aliphatic rings. The van der Waals surface area contributed by atoms with E-state index < -0.39 is 6.10 Å². The van der Waals surface area contributed by atoms with Gasteiger partial charge in [-0.15, -0.1) is 0 Å². The third-order valence-corrected chi connectivity index (χ3v) is 5.86. The summed E-state index contributed by atoms with van der Waals surface area (Å²) < 4.78 is 26.9. The molecule has 0 saturated carbocycles. The fourth-order valence-electron chi connectivity index (χ4n) is 4.20. The van der Waals surface area contributed by atoms with E-state index in [0.717, 1.165) is 25.9 Å². The highest BCUT2D eigenvalue weighted by molar-refractivity contribution is 5.98. The molecule has 2 aromatic rings. The van der Waals surface area contributed by atoms with E-state index in [0.29, 0.717) is 42.2 Å². The maximum Gasteiger partial charge on any atom is 0.254 e. The summed E-state index contributed by atoms with van der Waals surface area (Å²) in [6, 6.07) is 10.6. The van der Waals surface area contributed by atoms with Crippen molar-refractivity contribution in [1.29, 1.82) is 0 Å². The highest BCUT2D eigenvalue weighted by atomic mass is 19.1. The minimum Gasteiger partial charge on any atom is -0.387 e. The average molecular weight is 386 g/mol. The molecule has 1 fully saturated rings. The zero-order valence-corrected chi connectivity index (χ0v) is 15.7. The highest BCUT2D eigenvalue weighted by Gasteiger charge is 2.32. The normalized spacial score (nSPS) is 19.1. The number of piperidine rings is 1. The van der Waals surface area contributed by atoms with E-state index in [1.807, 2.05) is 0 Å². The second kappa shape index (κ2) is 7.97. The van der Waals surface area contributed by atoms with Gasteiger partial charge in [0.25, 0.3) is 5.91 Å². The van der Waals surface area contributed by atoms with Crippen molar-refractivity contribution in [2.45, 2.75) is 25.5 Å². The van der Waals surface area contributed by atoms with Crippen LogP contribution < -0.4 is 0 Å². The third kappa shape index (κ3) is 3.93. The molecule has 1 saturated heterocycles. The first-order chi connectivity index (χ1) is 13.5. The van der Waals surface area contributed by atoms with Gasteiger partial charge < -0.3 is 14.9 Å². The Morgan fingerprint density at radius 2 is 1.79 bits per heavy atom. The lowest BCUT2D eigenvalue weighted by atomic mass is 9.95. The zero-order valence-electron chi connectivity index (χ0n) is 15.7. The van der Waals surface area contributed by atoms with Gasteiger partial charge in [0, 0.05) is 30.8 Å². The minimum atomic E-state index is -0.644. The fraction of sp³-hybridized carbons (Fsp3) is 0.409. The molecule has 6 heteroatoms. The number of rotatable bonds is 5. The Morgan fingerprint density at radius 1 is 1.07 bits per heavy atom. The lowest BCUT2D eigenvalue weighted by molar-refractivity contribution is 0.0654. The van der Waals surface area contributed by atoms with Crippen molar-refractivity contribution in [2.24, 2.45) is 5.92 Å². The first-order valence-electron chi connectivity index (χ1n) is 9.74. The van der Waals surface area contributed by atoms with Crippen molar-refractivity contribution in [3.05, 3.63) is 70.8 Å². The standard InChI is InChI=1S/C22H24F2N2O2/c23-17-6-4-16(5-7-17)21(27)14-25-10-8-15(9-11-25)12-26-13-19-18(22(26)28)2-1-3-20(19)24/h1-7,15,21,27H,8-14H2/t21-/m0/s1. The van der Waals surface area contributed by atoms with Gasteiger partial charge in [0.05, 0.1) is 6.10 Å². The molecule has 4 nitrogen and oxygen atoms in total. The molecule has 0 bridgehead atoms. The Morgan fingerprint density at radius 3 is 2.46 bits per heavy atom. The van der Waals surface area contributed by atoms with Crippen LogP contribution in [0.5, 0.6) is 0 Å². The van der Waals surface area contributed by atoms with Crippen molar-refractivity contribution >= 4 is 5.91 Å². The van der Waals surface area contributed by atoms with Crippen molar-refractivity contribution < 1.29 is 18.7 Å². The number of halogens is 2. The SMILES string of the molecule is O=C1c2cccc(F)c2CN1CC1CCN(C[C@H](O)c2ccc(F)cc2)CC1. The number of hydrogen-bond donors (Lipinski definition) is 1. The van der Waals surface area contributed by atoms with E-state index in [9.17, 15) is 18.7 Å². The minimum absolute atomic E-state index is 0.0799. The van der Waals surface area contributed by atoms with E-state index in [1.54, 1.807) is 29.2 Å². The predicted octanol–water partition coefficient (Wildman–Crippen LogP) is 3.37. The topological polar surface area (TPSA) is 43.8 Å². The van der Waals surface area contributed by atoms with Crippen molar-refractivity contribution in [2.75, 3.05) is 26.2 Å². The first-order valence-corrected chi connectivity index (χ1v) is 9.74. The molecule has 148 valence electrons. The zero-order chi connectivity index (χ0) is 19.7. The fourth-order valence-corrected chi connectivity index (χ4v) is 4.20. The maximum atomic E-state index is 13.9. The van der Waals surface area contributed by atoms with Crippen LogP contribution in [0.1, 0.15) is 40.4 Å². The molecular weight excluding hydrogens is 362 g/mol. The Kier molecular flexibility index (Phi) is 5.42. The molecule has 1 N–H and O–H groups in total. The molecule has 1 amide bonds. The maximum absolute atomic E-state index is 13.9. The molecule has 1 atom stereocenters. The largest absolute Gasteiger partial charge is 0.387 e. The average Bonchev–Trinajstić information content (AvgIpc) is 3.01. The second-order valence-corrected chi connectivity index (χ2v) is 7.76. The molecule has 2 heterocycles. The number of carbonyl (C=O) groups is 1. The predicted molar refractivity (Wildman–Crippen MR) is 102 cm³/mol. The number of amides is 1. The number of carbonyl (C=O) groups excluding carboxylic acids is 1. The molecule has 0 aromatic heterocycles. The number of hydrogen-bond acceptors (Lipinski definition) is 3. The molecule has 28 heavy (non-hydrogen) atoms. The number of benzene rings is 2. The number of β-amino-alcohol motifs (C(OH)–C–C–N with tert-alkyl or cyclic N) is 1. The van der Waals surface area contributed by atoms with E-state index >= 15 is 0 Å². The van der Waals surface area contributed by atoms with Crippen LogP contribution in [0.25, 0.3) is 0 Å². The summed E-state index contributed by atoms with van der Waals surface area (Å²) in [5, 5.41) is 10.4. The van der Waals surface area contributed by atoms with Crippen LogP contribution in [0.2, 0.25) is 0 Å². The smallest absolute Gasteiger partial charge is 0.254 e. The van der Waals surface area contributed by atoms with E-state index in [4.69, 9.17) is 0 Å². The number of likely N-dealkylation sites (tertiary alicyclic amines) is 1. The Balaban J connectivity index is 1.27. The van der Waals surface area contributed by atoms with E-state index in [1.165, 1.54) is 18.2 Å². The summed E-state index contributed by atoms with van der Waals surface area (Å²) in [6.07, 6.45) is 1.21. The quantitative estimate of drug-likeness (QED) is 0.857. The third-order valence-electron chi connectivity index (χ3n) is 5.86. The van der Waals surface area contributed by atoms with Gasteiger partial charge in [0.1, 0.15) is 11.6 Å². The van der Waals surface area contributed by atoms with Gasteiger partial charge in [-0.05, 0) is 61.7 Å². The summed E-state index contributed by atoms with van der Waals surface area (Å²) in [5.41, 5.74) is 1.71. The summed E-state index contributed by atoms with van der Waals surface area (Å²) in [7, 11) is 0. The molecule has 4 rings (SSSR count). The van der Waals surface area contributed by atoms with Crippen LogP contribution in [0.4, 0.5) is 8.78 Å². The molecule has 2 aromatic carbocycles. The molecule has 0 unspecified atom stereocenters. The number of fused-ring (bicyclic) bond motifs is 1. The lowest BCUT2D eigenvalue weighted by Gasteiger charge is -2.34. The lowest BCUT2D eigenvalue weighted by Crippen LogP contribution is -2.40. The van der Waals surface area contributed by atoms with E-state index in [-0.39, 0.29) is 17.5 Å². The Labute approximate surface area is 163 Å². The number of aliphatic hydroxyl groups excluding tert-OH is 1. The molecule has 2 aliphatic heterocycles. The number of aliphatic hydroxyl groups is 1. The van der Waals surface area contributed by atoms with E-state index in [2.05, 4.69) is 4.90 Å². The monoisotopic (exact) mass is 386 g/mol. The Hall–Kier alpha value is -2.31. The molecular formula is C22H24F2N2O2. The molecule has 0 radical (unpaired) electrons. The second-order valence-electron chi connectivity index (χ2n) is 7.76. The molecule has 0 spiro atoms. The van der Waals surface area contributed by atoms with Gasteiger partial charge in [-0.3, -0.25) is 4.79 Å². The van der Waals surface area contributed by atoms with Gasteiger partial charge >= 0.3 is 0 Å². The Bertz CT molecular complexity index is 848. The van der Waals surface area contributed by atoms with Crippen LogP contribution in [0, 0.1) is 17.6 Å². The van der Waals surface area contributed by atoms with Crippen LogP contribution >= 0.6 is 0 Å². The van der Waals surface area contributed by atoms with Gasteiger partial charge in [-0.2, -0.15) is 0 Å². The van der Waals surface area contributed by atoms with Crippen molar-refractivity contribution in [1.82, 2.24) is 9.80 Å². The van der Waals surface area contributed by atoms with Crippen molar-refractivity contribution in [3.8, 4) is 0 Å². The summed E-state index contributed by atoms with van der Waals surface area (Å²) in [5.74, 6) is -0.322. The summed E-state index contributed by atoms with van der Waals surface area (Å²) >= 11 is 0. The van der Waals surface area contributed by atoms with Gasteiger partial charge in [-0.25, -0.2) is 8.78 Å². The highest BCUT2D eigenvalue weighted by Crippen LogP contribution is 2.28. The van der Waals surface area contributed by atoms with Crippen LogP contribution in [0.3, 0.4) is 0 Å². The molecule has 0 aliphatic carbocycles. The summed E-state index contributed by atoms with van der Waals surface area (Å²) in [6.45, 7) is 3.18. The van der Waals surface area contributed by atoms with Crippen LogP contribution in [-0.2, 0) is 6.54 Å². The van der Waals surface area contributed by atoms with Crippen molar-refractivity contribution in [3.63, 3.8) is 0 Å². The number of nitrogens with zero attached hydrogens (tertiary/aromatic N) is 2. The van der Waals surface area contributed by atoms with Crippen LogP contribution in [0.15, 0.2) is 42.5 Å². The van der Waals surface area contributed by atoms with Gasteiger partial charge in [0.2, 0.25) is 0 Å². The summed E-state index contributed by atoms with van der Waals surface area (Å²) in [4.78, 5) is 16.5. The first kappa shape index (κ1) is 19.0.